The number of halogens is 3. The van der Waals surface area contributed by atoms with Gasteiger partial charge in [0.2, 0.25) is 15.9 Å². The van der Waals surface area contributed by atoms with E-state index in [4.69, 9.17) is 0 Å². The topological polar surface area (TPSA) is 66.5 Å². The van der Waals surface area contributed by atoms with Gasteiger partial charge in [0.05, 0.1) is 17.6 Å². The molecule has 1 amide bonds. The van der Waals surface area contributed by atoms with Crippen LogP contribution in [0.2, 0.25) is 0 Å². The Kier molecular flexibility index (Phi) is 6.35. The van der Waals surface area contributed by atoms with Gasteiger partial charge in [0.15, 0.2) is 0 Å². The van der Waals surface area contributed by atoms with E-state index in [0.717, 1.165) is 12.3 Å². The van der Waals surface area contributed by atoms with Crippen molar-refractivity contribution < 1.29 is 22.0 Å². The molecule has 5 nitrogen and oxygen atoms in total. The number of rotatable bonds is 6. The fraction of sp³-hybridized carbons (Fsp3) is 0.235. The van der Waals surface area contributed by atoms with Crippen LogP contribution in [-0.2, 0) is 14.8 Å². The molecular formula is C17H17BrF2N2O3S. The Morgan fingerprint density at radius 2 is 1.85 bits per heavy atom. The minimum atomic E-state index is -3.97. The Morgan fingerprint density at radius 1 is 1.19 bits per heavy atom. The second-order valence-corrected chi connectivity index (χ2v) is 8.32. The van der Waals surface area contributed by atoms with Crippen molar-refractivity contribution in [2.45, 2.75) is 19.4 Å². The summed E-state index contributed by atoms with van der Waals surface area (Å²) in [6.07, 6.45) is 0.945. The largest absolute Gasteiger partial charge is 0.322 e. The molecule has 0 bridgehead atoms. The van der Waals surface area contributed by atoms with Gasteiger partial charge in [0.25, 0.3) is 0 Å². The Morgan fingerprint density at radius 3 is 2.38 bits per heavy atom. The third-order valence-electron chi connectivity index (χ3n) is 3.61. The average molecular weight is 447 g/mol. The lowest BCUT2D eigenvalue weighted by Crippen LogP contribution is -2.47. The molecule has 1 atom stereocenters. The van der Waals surface area contributed by atoms with Gasteiger partial charge in [0, 0.05) is 4.47 Å². The summed E-state index contributed by atoms with van der Waals surface area (Å²) in [5.74, 6) is -2.22. The minimum Gasteiger partial charge on any atom is -0.322 e. The zero-order valence-corrected chi connectivity index (χ0v) is 16.4. The number of anilines is 2. The Bertz CT molecular complexity index is 922. The normalized spacial score (nSPS) is 12.5. The molecule has 2 rings (SSSR count). The Hall–Kier alpha value is -2.00. The van der Waals surface area contributed by atoms with Gasteiger partial charge >= 0.3 is 0 Å². The van der Waals surface area contributed by atoms with E-state index in [2.05, 4.69) is 21.2 Å². The van der Waals surface area contributed by atoms with Crippen molar-refractivity contribution in [3.63, 3.8) is 0 Å². The highest BCUT2D eigenvalue weighted by Crippen LogP contribution is 2.26. The predicted molar refractivity (Wildman–Crippen MR) is 101 cm³/mol. The quantitative estimate of drug-likeness (QED) is 0.731. The summed E-state index contributed by atoms with van der Waals surface area (Å²) < 4.78 is 53.8. The van der Waals surface area contributed by atoms with E-state index in [9.17, 15) is 22.0 Å². The number of sulfonamides is 1. The molecular weight excluding hydrogens is 430 g/mol. The standard InChI is InChI=1S/C17H17BrF2N2O3S/c1-3-15(17(23)21-14-9-8-11(18)10-13(14)20)22(26(2,24)25)16-7-5-4-6-12(16)19/h4-10,15H,3H2,1-2H3,(H,21,23). The Balaban J connectivity index is 2.42. The van der Waals surface area contributed by atoms with E-state index in [1.54, 1.807) is 6.92 Å². The molecule has 0 fully saturated rings. The van der Waals surface area contributed by atoms with E-state index in [0.29, 0.717) is 8.78 Å². The van der Waals surface area contributed by atoms with Gasteiger partial charge in [-0.1, -0.05) is 35.0 Å². The third-order valence-corrected chi connectivity index (χ3v) is 5.27. The van der Waals surface area contributed by atoms with Crippen molar-refractivity contribution in [1.29, 1.82) is 0 Å². The van der Waals surface area contributed by atoms with E-state index < -0.39 is 33.6 Å². The molecule has 0 aliphatic carbocycles. The lowest BCUT2D eigenvalue weighted by atomic mass is 10.1. The van der Waals surface area contributed by atoms with Crippen molar-refractivity contribution >= 4 is 43.2 Å². The number of hydrogen-bond acceptors (Lipinski definition) is 3. The van der Waals surface area contributed by atoms with Crippen molar-refractivity contribution in [2.24, 2.45) is 0 Å². The van der Waals surface area contributed by atoms with E-state index in [1.807, 2.05) is 0 Å². The number of carbonyl (C=O) groups excluding carboxylic acids is 1. The lowest BCUT2D eigenvalue weighted by molar-refractivity contribution is -0.117. The van der Waals surface area contributed by atoms with Crippen LogP contribution >= 0.6 is 15.9 Å². The molecule has 0 aliphatic rings. The first kappa shape index (κ1) is 20.3. The minimum absolute atomic E-state index is 0.0609. The molecule has 0 aromatic heterocycles. The second-order valence-electron chi connectivity index (χ2n) is 5.55. The summed E-state index contributed by atoms with van der Waals surface area (Å²) in [5.41, 5.74) is -0.341. The molecule has 0 spiro atoms. The van der Waals surface area contributed by atoms with Crippen molar-refractivity contribution in [1.82, 2.24) is 0 Å². The molecule has 0 heterocycles. The van der Waals surface area contributed by atoms with Crippen LogP contribution in [0.5, 0.6) is 0 Å². The van der Waals surface area contributed by atoms with Crippen molar-refractivity contribution in [3.8, 4) is 0 Å². The number of benzene rings is 2. The first-order valence-corrected chi connectivity index (χ1v) is 10.3. The number of nitrogens with one attached hydrogen (secondary N) is 1. The van der Waals surface area contributed by atoms with E-state index in [-0.39, 0.29) is 17.8 Å². The maximum atomic E-state index is 14.2. The van der Waals surface area contributed by atoms with Crippen LogP contribution < -0.4 is 9.62 Å². The van der Waals surface area contributed by atoms with E-state index in [1.165, 1.54) is 36.4 Å². The van der Waals surface area contributed by atoms with Gasteiger partial charge in [-0.2, -0.15) is 0 Å². The summed E-state index contributed by atoms with van der Waals surface area (Å²) in [5, 5.41) is 2.37. The van der Waals surface area contributed by atoms with E-state index >= 15 is 0 Å². The first-order valence-electron chi connectivity index (χ1n) is 7.65. The molecule has 2 aromatic carbocycles. The molecule has 0 aliphatic heterocycles. The predicted octanol–water partition coefficient (Wildman–Crippen LogP) is 3.91. The van der Waals surface area contributed by atoms with Crippen LogP contribution in [0, 0.1) is 11.6 Å². The highest BCUT2D eigenvalue weighted by Gasteiger charge is 2.33. The number of nitrogens with zero attached hydrogens (tertiary/aromatic N) is 1. The fourth-order valence-electron chi connectivity index (χ4n) is 2.47. The zero-order chi connectivity index (χ0) is 19.5. The molecule has 140 valence electrons. The summed E-state index contributed by atoms with van der Waals surface area (Å²) in [6.45, 7) is 1.58. The Labute approximate surface area is 159 Å². The molecule has 1 unspecified atom stereocenters. The van der Waals surface area contributed by atoms with Crippen molar-refractivity contribution in [2.75, 3.05) is 15.9 Å². The third kappa shape index (κ3) is 4.59. The molecule has 0 saturated heterocycles. The highest BCUT2D eigenvalue weighted by atomic mass is 79.9. The maximum Gasteiger partial charge on any atom is 0.248 e. The van der Waals surface area contributed by atoms with Gasteiger partial charge in [-0.3, -0.25) is 9.10 Å². The van der Waals surface area contributed by atoms with Gasteiger partial charge in [-0.25, -0.2) is 17.2 Å². The summed E-state index contributed by atoms with van der Waals surface area (Å²) >= 11 is 3.11. The van der Waals surface area contributed by atoms with Crippen LogP contribution in [-0.4, -0.2) is 26.6 Å². The number of carbonyl (C=O) groups is 1. The lowest BCUT2D eigenvalue weighted by Gasteiger charge is -2.30. The first-order chi connectivity index (χ1) is 12.1. The number of para-hydroxylation sites is 1. The maximum absolute atomic E-state index is 14.2. The number of hydrogen-bond donors (Lipinski definition) is 1. The molecule has 9 heteroatoms. The van der Waals surface area contributed by atoms with Crippen LogP contribution in [0.15, 0.2) is 46.9 Å². The monoisotopic (exact) mass is 446 g/mol. The molecule has 0 radical (unpaired) electrons. The summed E-state index contributed by atoms with van der Waals surface area (Å²) in [7, 11) is -3.97. The van der Waals surface area contributed by atoms with Crippen LogP contribution in [0.4, 0.5) is 20.2 Å². The van der Waals surface area contributed by atoms with Gasteiger partial charge < -0.3 is 5.32 Å². The smallest absolute Gasteiger partial charge is 0.248 e. The van der Waals surface area contributed by atoms with Crippen LogP contribution in [0.1, 0.15) is 13.3 Å². The van der Waals surface area contributed by atoms with Gasteiger partial charge in [-0.15, -0.1) is 0 Å². The molecule has 0 saturated carbocycles. The second kappa shape index (κ2) is 8.13. The number of amides is 1. The van der Waals surface area contributed by atoms with Gasteiger partial charge in [-0.05, 0) is 36.8 Å². The van der Waals surface area contributed by atoms with Crippen molar-refractivity contribution in [3.05, 3.63) is 58.6 Å². The van der Waals surface area contributed by atoms with Crippen LogP contribution in [0.3, 0.4) is 0 Å². The molecule has 26 heavy (non-hydrogen) atoms. The SMILES string of the molecule is CCC(C(=O)Nc1ccc(Br)cc1F)N(c1ccccc1F)S(C)(=O)=O. The summed E-state index contributed by atoms with van der Waals surface area (Å²) in [4.78, 5) is 12.6. The molecule has 2 aromatic rings. The summed E-state index contributed by atoms with van der Waals surface area (Å²) in [6, 6.07) is 8.06. The van der Waals surface area contributed by atoms with Crippen LogP contribution in [0.25, 0.3) is 0 Å². The average Bonchev–Trinajstić information content (AvgIpc) is 2.55. The zero-order valence-electron chi connectivity index (χ0n) is 14.0. The fourth-order valence-corrected chi connectivity index (χ4v) is 4.02. The van der Waals surface area contributed by atoms with Gasteiger partial charge in [0.1, 0.15) is 17.7 Å². The molecule has 1 N–H and O–H groups in total. The highest BCUT2D eigenvalue weighted by molar-refractivity contribution is 9.10.